The number of rotatable bonds is 1. The van der Waals surface area contributed by atoms with E-state index in [4.69, 9.17) is 0 Å². The molecular formula is C10H17O. The molecule has 0 N–H and O–H groups in total. The average Bonchev–Trinajstić information content (AvgIpc) is 2.55. The van der Waals surface area contributed by atoms with Crippen molar-refractivity contribution in [1.82, 2.24) is 0 Å². The Morgan fingerprint density at radius 2 is 1.45 bits per heavy atom. The molecule has 2 fully saturated rings. The lowest BCUT2D eigenvalue weighted by atomic mass is 9.85. The molecule has 0 aromatic rings. The molecule has 0 aromatic carbocycles. The Morgan fingerprint density at radius 1 is 0.909 bits per heavy atom. The van der Waals surface area contributed by atoms with Crippen molar-refractivity contribution in [1.29, 1.82) is 0 Å². The van der Waals surface area contributed by atoms with Gasteiger partial charge in [-0.1, -0.05) is 25.7 Å². The highest BCUT2D eigenvalue weighted by atomic mass is 16.3. The van der Waals surface area contributed by atoms with Gasteiger partial charge >= 0.3 is 0 Å². The van der Waals surface area contributed by atoms with E-state index in [-0.39, 0.29) is 0 Å². The Morgan fingerprint density at radius 3 is 2.00 bits per heavy atom. The van der Waals surface area contributed by atoms with E-state index in [1.807, 2.05) is 0 Å². The monoisotopic (exact) mass is 153 g/mol. The minimum atomic E-state index is -0.476. The van der Waals surface area contributed by atoms with Crippen LogP contribution in [-0.4, -0.2) is 5.60 Å². The lowest BCUT2D eigenvalue weighted by Gasteiger charge is -2.26. The Hall–Kier alpha value is -0.0400. The second kappa shape index (κ2) is 2.78. The summed E-state index contributed by atoms with van der Waals surface area (Å²) in [7, 11) is 0. The van der Waals surface area contributed by atoms with E-state index in [0.29, 0.717) is 5.92 Å². The van der Waals surface area contributed by atoms with Crippen LogP contribution in [0.1, 0.15) is 51.4 Å². The van der Waals surface area contributed by atoms with Crippen molar-refractivity contribution < 1.29 is 5.11 Å². The van der Waals surface area contributed by atoms with Gasteiger partial charge in [0, 0.05) is 0 Å². The highest BCUT2D eigenvalue weighted by Crippen LogP contribution is 2.43. The predicted octanol–water partition coefficient (Wildman–Crippen LogP) is 2.92. The largest absolute Gasteiger partial charge is 0.229 e. The number of hydrogen-bond donors (Lipinski definition) is 0. The highest BCUT2D eigenvalue weighted by Gasteiger charge is 2.41. The quantitative estimate of drug-likeness (QED) is 0.552. The zero-order chi connectivity index (χ0) is 7.73. The van der Waals surface area contributed by atoms with Crippen LogP contribution in [0.25, 0.3) is 0 Å². The van der Waals surface area contributed by atoms with Gasteiger partial charge in [-0.3, -0.25) is 0 Å². The summed E-state index contributed by atoms with van der Waals surface area (Å²) < 4.78 is 0. The summed E-state index contributed by atoms with van der Waals surface area (Å²) >= 11 is 0. The van der Waals surface area contributed by atoms with E-state index < -0.39 is 5.60 Å². The molecule has 11 heavy (non-hydrogen) atoms. The van der Waals surface area contributed by atoms with Crippen LogP contribution in [0, 0.1) is 5.92 Å². The van der Waals surface area contributed by atoms with Crippen LogP contribution in [0.4, 0.5) is 0 Å². The second-order valence-electron chi connectivity index (χ2n) is 4.25. The lowest BCUT2D eigenvalue weighted by Crippen LogP contribution is -2.31. The molecule has 1 nitrogen and oxygen atoms in total. The summed E-state index contributed by atoms with van der Waals surface area (Å²) in [6, 6.07) is 0. The molecule has 0 unspecified atom stereocenters. The van der Waals surface area contributed by atoms with Crippen LogP contribution in [0.15, 0.2) is 0 Å². The molecule has 0 aromatic heterocycles. The summed E-state index contributed by atoms with van der Waals surface area (Å²) in [5.41, 5.74) is -0.476. The van der Waals surface area contributed by atoms with Crippen molar-refractivity contribution in [2.24, 2.45) is 5.92 Å². The third kappa shape index (κ3) is 1.31. The number of hydrogen-bond acceptors (Lipinski definition) is 0. The molecule has 0 amide bonds. The van der Waals surface area contributed by atoms with E-state index in [1.54, 1.807) is 0 Å². The molecule has 0 saturated heterocycles. The van der Waals surface area contributed by atoms with E-state index in [2.05, 4.69) is 0 Å². The average molecular weight is 153 g/mol. The van der Waals surface area contributed by atoms with Gasteiger partial charge in [-0.15, -0.1) is 0 Å². The first-order valence-corrected chi connectivity index (χ1v) is 5.02. The van der Waals surface area contributed by atoms with E-state index in [1.165, 1.54) is 38.5 Å². The molecule has 0 atom stereocenters. The summed E-state index contributed by atoms with van der Waals surface area (Å²) in [6.45, 7) is 0. The van der Waals surface area contributed by atoms with Gasteiger partial charge in [0.25, 0.3) is 0 Å². The third-order valence-electron chi connectivity index (χ3n) is 3.55. The maximum atomic E-state index is 12.1. The molecule has 1 heteroatoms. The van der Waals surface area contributed by atoms with Gasteiger partial charge in [-0.2, -0.15) is 0 Å². The molecule has 0 aliphatic heterocycles. The molecule has 63 valence electrons. The molecule has 2 rings (SSSR count). The van der Waals surface area contributed by atoms with Crippen molar-refractivity contribution in [3.8, 4) is 0 Å². The summed E-state index contributed by atoms with van der Waals surface area (Å²) in [6.07, 6.45) is 9.41. The fourth-order valence-electron chi connectivity index (χ4n) is 2.83. The third-order valence-corrected chi connectivity index (χ3v) is 3.55. The first-order valence-electron chi connectivity index (χ1n) is 5.02. The molecule has 2 aliphatic rings. The van der Waals surface area contributed by atoms with Gasteiger partial charge in [-0.25, -0.2) is 5.11 Å². The Kier molecular flexibility index (Phi) is 1.92. The normalized spacial score (nSPS) is 31.4. The van der Waals surface area contributed by atoms with Crippen LogP contribution in [0.2, 0.25) is 0 Å². The van der Waals surface area contributed by atoms with E-state index in [9.17, 15) is 5.11 Å². The smallest absolute Gasteiger partial charge is 0.106 e. The zero-order valence-corrected chi connectivity index (χ0v) is 7.14. The van der Waals surface area contributed by atoms with E-state index >= 15 is 0 Å². The van der Waals surface area contributed by atoms with Crippen LogP contribution in [0.5, 0.6) is 0 Å². The molecule has 0 bridgehead atoms. The maximum absolute atomic E-state index is 12.1. The van der Waals surface area contributed by atoms with Crippen molar-refractivity contribution in [2.45, 2.75) is 57.0 Å². The first kappa shape index (κ1) is 7.60. The predicted molar refractivity (Wildman–Crippen MR) is 43.8 cm³/mol. The fraction of sp³-hybridized carbons (Fsp3) is 1.00. The van der Waals surface area contributed by atoms with Crippen LogP contribution in [0.3, 0.4) is 0 Å². The summed E-state index contributed by atoms with van der Waals surface area (Å²) in [5.74, 6) is 0.546. The highest BCUT2D eigenvalue weighted by molar-refractivity contribution is 4.92. The SMILES string of the molecule is [O]C1(C2CCCC2)CCCC1. The van der Waals surface area contributed by atoms with Crippen molar-refractivity contribution in [3.05, 3.63) is 0 Å². The summed E-state index contributed by atoms with van der Waals surface area (Å²) in [4.78, 5) is 0. The topological polar surface area (TPSA) is 19.9 Å². The standard InChI is InChI=1S/C10H17O/c11-10(7-3-4-8-10)9-5-1-2-6-9/h9H,1-8H2. The zero-order valence-electron chi connectivity index (χ0n) is 7.14. The molecule has 0 heterocycles. The minimum Gasteiger partial charge on any atom is -0.229 e. The van der Waals surface area contributed by atoms with Crippen molar-refractivity contribution in [2.75, 3.05) is 0 Å². The molecule has 2 aliphatic carbocycles. The Bertz CT molecular complexity index is 130. The van der Waals surface area contributed by atoms with Gasteiger partial charge in [0.2, 0.25) is 0 Å². The lowest BCUT2D eigenvalue weighted by molar-refractivity contribution is -0.0705. The van der Waals surface area contributed by atoms with Gasteiger partial charge in [0.1, 0.15) is 5.60 Å². The fourth-order valence-corrected chi connectivity index (χ4v) is 2.83. The van der Waals surface area contributed by atoms with Crippen LogP contribution >= 0.6 is 0 Å². The van der Waals surface area contributed by atoms with Gasteiger partial charge in [-0.05, 0) is 31.6 Å². The van der Waals surface area contributed by atoms with Gasteiger partial charge < -0.3 is 0 Å². The van der Waals surface area contributed by atoms with Crippen molar-refractivity contribution >= 4 is 0 Å². The van der Waals surface area contributed by atoms with Crippen LogP contribution < -0.4 is 0 Å². The first-order chi connectivity index (χ1) is 5.31. The second-order valence-corrected chi connectivity index (χ2v) is 4.25. The van der Waals surface area contributed by atoms with Crippen LogP contribution in [-0.2, 0) is 5.11 Å². The molecule has 1 radical (unpaired) electrons. The van der Waals surface area contributed by atoms with Gasteiger partial charge in [0.05, 0.1) is 0 Å². The van der Waals surface area contributed by atoms with Crippen molar-refractivity contribution in [3.63, 3.8) is 0 Å². The molecular weight excluding hydrogens is 136 g/mol. The Balaban J connectivity index is 2.00. The van der Waals surface area contributed by atoms with Gasteiger partial charge in [0.15, 0.2) is 0 Å². The van der Waals surface area contributed by atoms with E-state index in [0.717, 1.165) is 12.8 Å². The maximum Gasteiger partial charge on any atom is 0.106 e. The Labute approximate surface area is 68.8 Å². The molecule has 2 saturated carbocycles. The molecule has 0 spiro atoms. The minimum absolute atomic E-state index is 0.476. The summed E-state index contributed by atoms with van der Waals surface area (Å²) in [5, 5.41) is 12.1.